The molecular formula is C30H27N3O2S2. The topological polar surface area (TPSA) is 47.4 Å². The number of nitrogens with zero attached hydrogens (tertiary/aromatic N) is 3. The maximum absolute atomic E-state index is 13.5. The van der Waals surface area contributed by atoms with Gasteiger partial charge in [0.15, 0.2) is 0 Å². The summed E-state index contributed by atoms with van der Waals surface area (Å²) in [7, 11) is 0. The van der Waals surface area contributed by atoms with Crippen molar-refractivity contribution in [3.63, 3.8) is 0 Å². The monoisotopic (exact) mass is 525 g/mol. The molecule has 1 aliphatic rings. The van der Waals surface area contributed by atoms with Gasteiger partial charge in [0.1, 0.15) is 10.1 Å². The second-order valence-corrected chi connectivity index (χ2v) is 10.4. The SMILES string of the molecule is CCCOc1ccc(-c2nn(-c3ccccc3)cc2/C=C2\SC(=S)N([C@@H](C)c3ccccc3)C2=O)cc1. The van der Waals surface area contributed by atoms with Gasteiger partial charge < -0.3 is 4.74 Å². The highest BCUT2D eigenvalue weighted by atomic mass is 32.2. The highest BCUT2D eigenvalue weighted by Gasteiger charge is 2.36. The molecule has 1 fully saturated rings. The molecule has 4 aromatic rings. The zero-order chi connectivity index (χ0) is 25.8. The van der Waals surface area contributed by atoms with Crippen molar-refractivity contribution < 1.29 is 9.53 Å². The van der Waals surface area contributed by atoms with Crippen molar-refractivity contribution >= 4 is 40.3 Å². The Bertz CT molecular complexity index is 1430. The van der Waals surface area contributed by atoms with E-state index in [1.54, 1.807) is 4.90 Å². The summed E-state index contributed by atoms with van der Waals surface area (Å²) >= 11 is 6.97. The van der Waals surface area contributed by atoms with Crippen LogP contribution in [0.4, 0.5) is 0 Å². The number of aromatic nitrogens is 2. The van der Waals surface area contributed by atoms with Crippen molar-refractivity contribution in [1.29, 1.82) is 0 Å². The minimum absolute atomic E-state index is 0.0897. The molecule has 0 aliphatic carbocycles. The van der Waals surface area contributed by atoms with E-state index >= 15 is 0 Å². The predicted molar refractivity (Wildman–Crippen MR) is 155 cm³/mol. The van der Waals surface area contributed by atoms with Gasteiger partial charge in [-0.15, -0.1) is 0 Å². The van der Waals surface area contributed by atoms with Crippen LogP contribution < -0.4 is 4.74 Å². The van der Waals surface area contributed by atoms with Crippen LogP contribution in [-0.4, -0.2) is 31.5 Å². The van der Waals surface area contributed by atoms with Crippen LogP contribution in [0.15, 0.2) is 96.0 Å². The largest absolute Gasteiger partial charge is 0.494 e. The van der Waals surface area contributed by atoms with Crippen molar-refractivity contribution in [1.82, 2.24) is 14.7 Å². The standard InChI is InChI=1S/C30H27N3O2S2/c1-3-18-35-26-16-14-23(15-17-26)28-24(20-32(31-28)25-12-8-5-9-13-25)19-27-29(34)33(30(36)37-27)21(2)22-10-6-4-7-11-22/h4-17,19-21H,3,18H2,1-2H3/b27-19-/t21-/m0/s1. The predicted octanol–water partition coefficient (Wildman–Crippen LogP) is 7.29. The lowest BCUT2D eigenvalue weighted by Gasteiger charge is -2.23. The number of para-hydroxylation sites is 1. The first-order chi connectivity index (χ1) is 18.0. The maximum Gasteiger partial charge on any atom is 0.266 e. The lowest BCUT2D eigenvalue weighted by atomic mass is 10.1. The molecule has 7 heteroatoms. The molecule has 1 aliphatic heterocycles. The van der Waals surface area contributed by atoms with Gasteiger partial charge in [0.2, 0.25) is 0 Å². The number of hydrogen-bond donors (Lipinski definition) is 0. The number of amides is 1. The van der Waals surface area contributed by atoms with Gasteiger partial charge in [-0.3, -0.25) is 9.69 Å². The molecule has 186 valence electrons. The molecule has 5 nitrogen and oxygen atoms in total. The number of carbonyl (C=O) groups excluding carboxylic acids is 1. The van der Waals surface area contributed by atoms with Crippen LogP contribution in [0, 0.1) is 0 Å². The molecule has 5 rings (SSSR count). The van der Waals surface area contributed by atoms with Crippen molar-refractivity contribution in [2.24, 2.45) is 0 Å². The Morgan fingerprint density at radius 2 is 1.68 bits per heavy atom. The first-order valence-electron chi connectivity index (χ1n) is 12.3. The fraction of sp³-hybridized carbons (Fsp3) is 0.167. The summed E-state index contributed by atoms with van der Waals surface area (Å²) in [5.41, 5.74) is 4.56. The maximum atomic E-state index is 13.5. The summed E-state index contributed by atoms with van der Waals surface area (Å²) in [4.78, 5) is 15.8. The average Bonchev–Trinajstić information content (AvgIpc) is 3.48. The Hall–Kier alpha value is -3.68. The van der Waals surface area contributed by atoms with Gasteiger partial charge in [-0.2, -0.15) is 5.10 Å². The molecule has 0 bridgehead atoms. The molecule has 0 N–H and O–H groups in total. The number of thiocarbonyl (C=S) groups is 1. The Balaban J connectivity index is 1.51. The summed E-state index contributed by atoms with van der Waals surface area (Å²) in [5.74, 6) is 0.735. The van der Waals surface area contributed by atoms with E-state index in [2.05, 4.69) is 6.92 Å². The van der Waals surface area contributed by atoms with E-state index in [0.29, 0.717) is 15.8 Å². The van der Waals surface area contributed by atoms with Crippen molar-refractivity contribution in [3.8, 4) is 22.7 Å². The summed E-state index contributed by atoms with van der Waals surface area (Å²) in [6.45, 7) is 4.76. The molecule has 1 saturated heterocycles. The van der Waals surface area contributed by atoms with Gasteiger partial charge in [-0.05, 0) is 61.4 Å². The number of ether oxygens (including phenoxy) is 1. The van der Waals surface area contributed by atoms with Gasteiger partial charge in [0, 0.05) is 17.3 Å². The smallest absolute Gasteiger partial charge is 0.266 e. The van der Waals surface area contributed by atoms with Crippen LogP contribution in [0.1, 0.15) is 37.4 Å². The van der Waals surface area contributed by atoms with Gasteiger partial charge in [0.25, 0.3) is 5.91 Å². The second-order valence-electron chi connectivity index (χ2n) is 8.72. The fourth-order valence-electron chi connectivity index (χ4n) is 4.19. The summed E-state index contributed by atoms with van der Waals surface area (Å²) < 4.78 is 8.15. The van der Waals surface area contributed by atoms with Crippen molar-refractivity contribution in [3.05, 3.63) is 107 Å². The van der Waals surface area contributed by atoms with E-state index in [1.807, 2.05) is 109 Å². The van der Waals surface area contributed by atoms with E-state index < -0.39 is 0 Å². The molecule has 1 aromatic heterocycles. The highest BCUT2D eigenvalue weighted by Crippen LogP contribution is 2.39. The van der Waals surface area contributed by atoms with Crippen LogP contribution in [0.2, 0.25) is 0 Å². The van der Waals surface area contributed by atoms with E-state index in [4.69, 9.17) is 22.1 Å². The third-order valence-corrected chi connectivity index (χ3v) is 7.47. The Morgan fingerprint density at radius 1 is 1.00 bits per heavy atom. The number of hydrogen-bond acceptors (Lipinski definition) is 5. The van der Waals surface area contributed by atoms with Gasteiger partial charge in [-0.1, -0.05) is 79.4 Å². The number of rotatable bonds is 8. The fourth-order valence-corrected chi connectivity index (χ4v) is 5.60. The average molecular weight is 526 g/mol. The molecule has 2 heterocycles. The third kappa shape index (κ3) is 5.38. The number of thioether (sulfide) groups is 1. The third-order valence-electron chi connectivity index (χ3n) is 6.14. The molecule has 0 spiro atoms. The summed E-state index contributed by atoms with van der Waals surface area (Å²) in [6, 6.07) is 27.7. The second kappa shape index (κ2) is 11.2. The number of carbonyl (C=O) groups is 1. The van der Waals surface area contributed by atoms with E-state index in [0.717, 1.165) is 40.2 Å². The van der Waals surface area contributed by atoms with Crippen LogP contribution in [0.25, 0.3) is 23.0 Å². The van der Waals surface area contributed by atoms with Crippen molar-refractivity contribution in [2.45, 2.75) is 26.3 Å². The molecular weight excluding hydrogens is 498 g/mol. The summed E-state index contributed by atoms with van der Waals surface area (Å²) in [6.07, 6.45) is 4.81. The lowest BCUT2D eigenvalue weighted by Crippen LogP contribution is -2.30. The van der Waals surface area contributed by atoms with E-state index in [1.165, 1.54) is 11.8 Å². The highest BCUT2D eigenvalue weighted by molar-refractivity contribution is 8.26. The lowest BCUT2D eigenvalue weighted by molar-refractivity contribution is -0.123. The van der Waals surface area contributed by atoms with Crippen LogP contribution >= 0.6 is 24.0 Å². The minimum atomic E-state index is -0.151. The molecule has 1 atom stereocenters. The normalized spacial score (nSPS) is 15.4. The first-order valence-corrected chi connectivity index (χ1v) is 13.5. The summed E-state index contributed by atoms with van der Waals surface area (Å²) in [5, 5.41) is 4.89. The van der Waals surface area contributed by atoms with Gasteiger partial charge >= 0.3 is 0 Å². The van der Waals surface area contributed by atoms with E-state index in [-0.39, 0.29) is 11.9 Å². The minimum Gasteiger partial charge on any atom is -0.494 e. The first kappa shape index (κ1) is 25.0. The van der Waals surface area contributed by atoms with Gasteiger partial charge in [0.05, 0.1) is 28.9 Å². The molecule has 0 saturated carbocycles. The molecule has 0 unspecified atom stereocenters. The zero-order valence-corrected chi connectivity index (χ0v) is 22.3. The quantitative estimate of drug-likeness (QED) is 0.179. The molecule has 1 amide bonds. The Morgan fingerprint density at radius 3 is 2.35 bits per heavy atom. The molecule has 37 heavy (non-hydrogen) atoms. The molecule has 0 radical (unpaired) electrons. The van der Waals surface area contributed by atoms with E-state index in [9.17, 15) is 4.79 Å². The van der Waals surface area contributed by atoms with Crippen LogP contribution in [-0.2, 0) is 4.79 Å². The van der Waals surface area contributed by atoms with Crippen LogP contribution in [0.5, 0.6) is 5.75 Å². The Kier molecular flexibility index (Phi) is 7.53. The Labute approximate surface area is 226 Å². The van der Waals surface area contributed by atoms with Gasteiger partial charge in [-0.25, -0.2) is 4.68 Å². The van der Waals surface area contributed by atoms with Crippen LogP contribution in [0.3, 0.4) is 0 Å². The number of benzene rings is 3. The molecule has 3 aromatic carbocycles. The van der Waals surface area contributed by atoms with Crippen molar-refractivity contribution in [2.75, 3.05) is 6.61 Å². The zero-order valence-electron chi connectivity index (χ0n) is 20.7.